The molecule has 190 valence electrons. The Labute approximate surface area is 202 Å². The van der Waals surface area contributed by atoms with Crippen molar-refractivity contribution in [1.82, 2.24) is 15.2 Å². The van der Waals surface area contributed by atoms with Crippen LogP contribution >= 0.6 is 0 Å². The topological polar surface area (TPSA) is 131 Å². The van der Waals surface area contributed by atoms with Gasteiger partial charge in [-0.05, 0) is 10.6 Å². The van der Waals surface area contributed by atoms with Crippen molar-refractivity contribution >= 4 is 36.2 Å². The molecule has 0 unspecified atom stereocenters. The monoisotopic (exact) mass is 513 g/mol. The zero-order chi connectivity index (χ0) is 25.7. The highest BCUT2D eigenvalue weighted by Crippen LogP contribution is 2.42. The SMILES string of the molecule is CC(C)(C)[Si](C)(C)N1C(=O)[C@H](NC(=O)OCc2ccccc2)[C@@H]1CNC(=O)OCCS(C)(=O)=O. The minimum absolute atomic E-state index is 0.0413. The molecule has 1 aliphatic heterocycles. The molecule has 0 radical (unpaired) electrons. The maximum Gasteiger partial charge on any atom is 0.408 e. The molecule has 1 aromatic rings. The van der Waals surface area contributed by atoms with E-state index in [1.807, 2.05) is 30.3 Å². The minimum atomic E-state index is -3.26. The molecule has 0 aliphatic carbocycles. The van der Waals surface area contributed by atoms with Gasteiger partial charge in [-0.1, -0.05) is 64.2 Å². The molecule has 1 aromatic carbocycles. The van der Waals surface area contributed by atoms with Gasteiger partial charge in [-0.2, -0.15) is 0 Å². The first kappa shape index (κ1) is 27.6. The molecule has 0 saturated carbocycles. The van der Waals surface area contributed by atoms with Gasteiger partial charge >= 0.3 is 12.2 Å². The Bertz CT molecular complexity index is 994. The average molecular weight is 514 g/mol. The van der Waals surface area contributed by atoms with Gasteiger partial charge < -0.3 is 24.7 Å². The van der Waals surface area contributed by atoms with Gasteiger partial charge in [0.25, 0.3) is 0 Å². The lowest BCUT2D eigenvalue weighted by Crippen LogP contribution is -2.80. The third kappa shape index (κ3) is 7.20. The van der Waals surface area contributed by atoms with Crippen molar-refractivity contribution in [3.63, 3.8) is 0 Å². The Morgan fingerprint density at radius 3 is 2.26 bits per heavy atom. The normalized spacial score (nSPS) is 18.6. The lowest BCUT2D eigenvalue weighted by molar-refractivity contribution is -0.143. The Morgan fingerprint density at radius 1 is 1.09 bits per heavy atom. The van der Waals surface area contributed by atoms with Crippen LogP contribution in [0.2, 0.25) is 18.1 Å². The number of ether oxygens (including phenoxy) is 2. The van der Waals surface area contributed by atoms with Crippen LogP contribution in [0, 0.1) is 0 Å². The Kier molecular flexibility index (Phi) is 8.75. The van der Waals surface area contributed by atoms with E-state index in [0.29, 0.717) is 0 Å². The van der Waals surface area contributed by atoms with Crippen molar-refractivity contribution in [3.05, 3.63) is 35.9 Å². The third-order valence-electron chi connectivity index (χ3n) is 6.29. The summed E-state index contributed by atoms with van der Waals surface area (Å²) in [5.41, 5.74) is 0.815. The summed E-state index contributed by atoms with van der Waals surface area (Å²) in [5, 5.41) is 5.05. The highest BCUT2D eigenvalue weighted by Gasteiger charge is 2.57. The smallest absolute Gasteiger partial charge is 0.408 e. The van der Waals surface area contributed by atoms with E-state index < -0.39 is 42.3 Å². The van der Waals surface area contributed by atoms with Crippen LogP contribution in [0.25, 0.3) is 0 Å². The molecule has 3 amide bonds. The molecule has 0 aromatic heterocycles. The van der Waals surface area contributed by atoms with Crippen LogP contribution in [0.1, 0.15) is 26.3 Å². The number of nitrogens with zero attached hydrogens (tertiary/aromatic N) is 1. The van der Waals surface area contributed by atoms with Crippen LogP contribution in [0.5, 0.6) is 0 Å². The summed E-state index contributed by atoms with van der Waals surface area (Å²) < 4.78 is 34.4. The number of β-lactam (4-membered cyclic amide) rings is 1. The standard InChI is InChI=1S/C22H35N3O7SSi/c1-22(2,3)34(5,6)25-17(14-23-20(27)31-12-13-33(4,29)30)18(19(25)26)24-21(28)32-15-16-10-8-7-9-11-16/h7-11,17-18H,12-15H2,1-6H3,(H,23,27)(H,24,28)/t17-,18+/m0/s1. The molecule has 2 atom stereocenters. The fourth-order valence-electron chi connectivity index (χ4n) is 3.38. The van der Waals surface area contributed by atoms with Crippen LogP contribution in [0.3, 0.4) is 0 Å². The number of hydrogen-bond acceptors (Lipinski definition) is 7. The zero-order valence-electron chi connectivity index (χ0n) is 20.6. The summed E-state index contributed by atoms with van der Waals surface area (Å²) in [6, 6.07) is 7.83. The molecule has 1 fully saturated rings. The molecule has 34 heavy (non-hydrogen) atoms. The second kappa shape index (κ2) is 10.8. The lowest BCUT2D eigenvalue weighted by Gasteiger charge is -2.58. The summed E-state index contributed by atoms with van der Waals surface area (Å²) in [7, 11) is -5.57. The van der Waals surface area contributed by atoms with Crippen LogP contribution in [-0.4, -0.2) is 76.6 Å². The molecule has 1 aliphatic rings. The van der Waals surface area contributed by atoms with Crippen molar-refractivity contribution in [3.8, 4) is 0 Å². The van der Waals surface area contributed by atoms with E-state index in [-0.39, 0.29) is 36.5 Å². The molecule has 10 nitrogen and oxygen atoms in total. The van der Waals surface area contributed by atoms with Gasteiger partial charge in [0.15, 0.2) is 18.1 Å². The Hall–Kier alpha value is -2.60. The number of alkyl carbamates (subject to hydrolysis) is 2. The van der Waals surface area contributed by atoms with E-state index in [1.165, 1.54) is 0 Å². The molecule has 1 heterocycles. The van der Waals surface area contributed by atoms with Gasteiger partial charge in [0.05, 0.1) is 11.8 Å². The second-order valence-electron chi connectivity index (χ2n) is 9.92. The highest BCUT2D eigenvalue weighted by molar-refractivity contribution is 7.90. The van der Waals surface area contributed by atoms with Crippen molar-refractivity contribution in [1.29, 1.82) is 0 Å². The molecule has 2 N–H and O–H groups in total. The number of benzene rings is 1. The van der Waals surface area contributed by atoms with Crippen molar-refractivity contribution in [2.24, 2.45) is 0 Å². The predicted octanol–water partition coefficient (Wildman–Crippen LogP) is 2.27. The predicted molar refractivity (Wildman–Crippen MR) is 130 cm³/mol. The largest absolute Gasteiger partial charge is 0.448 e. The first-order valence-electron chi connectivity index (χ1n) is 11.0. The average Bonchev–Trinajstić information content (AvgIpc) is 2.72. The molecule has 12 heteroatoms. The lowest BCUT2D eigenvalue weighted by atomic mass is 9.99. The van der Waals surface area contributed by atoms with E-state index >= 15 is 0 Å². The van der Waals surface area contributed by atoms with E-state index in [1.54, 1.807) is 4.57 Å². The number of sulfone groups is 1. The van der Waals surface area contributed by atoms with Gasteiger partial charge in [-0.3, -0.25) is 4.79 Å². The Balaban J connectivity index is 2.04. The van der Waals surface area contributed by atoms with E-state index in [2.05, 4.69) is 44.5 Å². The number of rotatable bonds is 9. The molecular formula is C22H35N3O7SSi. The summed E-state index contributed by atoms with van der Waals surface area (Å²) >= 11 is 0. The summed E-state index contributed by atoms with van der Waals surface area (Å²) in [6.45, 7) is 10.1. The minimum Gasteiger partial charge on any atom is -0.448 e. The maximum atomic E-state index is 13.1. The van der Waals surface area contributed by atoms with Gasteiger partial charge in [0, 0.05) is 12.8 Å². The van der Waals surface area contributed by atoms with Gasteiger partial charge in [0.2, 0.25) is 5.91 Å². The zero-order valence-corrected chi connectivity index (χ0v) is 22.4. The third-order valence-corrected chi connectivity index (χ3v) is 12.6. The number of nitrogens with one attached hydrogen (secondary N) is 2. The van der Waals surface area contributed by atoms with Crippen molar-refractivity contribution in [2.75, 3.05) is 25.2 Å². The van der Waals surface area contributed by atoms with E-state index in [4.69, 9.17) is 9.47 Å². The molecule has 2 rings (SSSR count). The number of amides is 3. The Morgan fingerprint density at radius 2 is 1.71 bits per heavy atom. The van der Waals surface area contributed by atoms with Crippen LogP contribution in [0.15, 0.2) is 30.3 Å². The van der Waals surface area contributed by atoms with E-state index in [0.717, 1.165) is 11.8 Å². The first-order chi connectivity index (χ1) is 15.6. The number of carbonyl (C=O) groups is 3. The second-order valence-corrected chi connectivity index (χ2v) is 17.3. The number of hydrogen-bond donors (Lipinski definition) is 2. The fourth-order valence-corrected chi connectivity index (χ4v) is 6.25. The summed E-state index contributed by atoms with van der Waals surface area (Å²) in [5.74, 6) is -0.504. The molecular weight excluding hydrogens is 478 g/mol. The molecule has 0 spiro atoms. The fraction of sp³-hybridized carbons (Fsp3) is 0.591. The summed E-state index contributed by atoms with van der Waals surface area (Å²) in [4.78, 5) is 37.5. The quantitative estimate of drug-likeness (QED) is 0.382. The van der Waals surface area contributed by atoms with Crippen LogP contribution in [-0.2, 0) is 30.7 Å². The van der Waals surface area contributed by atoms with Gasteiger partial charge in [-0.15, -0.1) is 0 Å². The van der Waals surface area contributed by atoms with Gasteiger partial charge in [-0.25, -0.2) is 18.0 Å². The highest BCUT2D eigenvalue weighted by atomic mass is 32.2. The van der Waals surface area contributed by atoms with Crippen LogP contribution in [0.4, 0.5) is 9.59 Å². The van der Waals surface area contributed by atoms with Gasteiger partial charge in [0.1, 0.15) is 19.3 Å². The van der Waals surface area contributed by atoms with Crippen molar-refractivity contribution in [2.45, 2.75) is 57.6 Å². The summed E-state index contributed by atoms with van der Waals surface area (Å²) in [6.07, 6.45) is -0.459. The maximum absolute atomic E-state index is 13.1. The number of carbonyl (C=O) groups excluding carboxylic acids is 3. The molecule has 1 saturated heterocycles. The van der Waals surface area contributed by atoms with Crippen molar-refractivity contribution < 1.29 is 32.3 Å². The molecule has 0 bridgehead atoms. The first-order valence-corrected chi connectivity index (χ1v) is 16.0. The van der Waals surface area contributed by atoms with E-state index in [9.17, 15) is 22.8 Å². The van der Waals surface area contributed by atoms with Crippen LogP contribution < -0.4 is 10.6 Å².